The van der Waals surface area contributed by atoms with Crippen LogP contribution in [0.3, 0.4) is 0 Å². The average Bonchev–Trinajstić information content (AvgIpc) is 3.07. The minimum absolute atomic E-state index is 0.0498. The first-order chi connectivity index (χ1) is 23.6. The molecular weight excluding hydrogens is 592 g/mol. The van der Waals surface area contributed by atoms with Crippen molar-refractivity contribution in [1.82, 2.24) is 0 Å². The van der Waals surface area contributed by atoms with Gasteiger partial charge in [0, 0.05) is 12.8 Å². The lowest BCUT2D eigenvalue weighted by atomic mass is 10.0. The Hall–Kier alpha value is -1.06. The standard InChI is InChI=1S/C44H86O4/c1-3-5-7-9-11-12-13-14-15-16-17-18-23-26-29-33-37-41-44(47)48-42(38-34-30-10-8-6-4-2)39-35-31-27-24-21-19-20-22-25-28-32-36-40-43(45)46/h42H,3-41H2,1-2H3,(H,45,46). The van der Waals surface area contributed by atoms with Crippen LogP contribution in [-0.4, -0.2) is 23.1 Å². The van der Waals surface area contributed by atoms with Crippen LogP contribution in [0.15, 0.2) is 0 Å². The number of unbranched alkanes of at least 4 members (excludes halogenated alkanes) is 32. The van der Waals surface area contributed by atoms with Gasteiger partial charge in [-0.05, 0) is 38.5 Å². The van der Waals surface area contributed by atoms with Crippen LogP contribution in [0.4, 0.5) is 0 Å². The zero-order valence-corrected chi connectivity index (χ0v) is 32.8. The summed E-state index contributed by atoms with van der Waals surface area (Å²) in [5.41, 5.74) is 0. The molecule has 0 aromatic rings. The molecule has 1 unspecified atom stereocenters. The van der Waals surface area contributed by atoms with Crippen molar-refractivity contribution in [3.8, 4) is 0 Å². The molecule has 0 rings (SSSR count). The Labute approximate surface area is 301 Å². The van der Waals surface area contributed by atoms with E-state index in [-0.39, 0.29) is 12.1 Å². The molecular formula is C44H86O4. The van der Waals surface area contributed by atoms with Gasteiger partial charge in [-0.3, -0.25) is 9.59 Å². The van der Waals surface area contributed by atoms with Gasteiger partial charge in [-0.25, -0.2) is 0 Å². The van der Waals surface area contributed by atoms with E-state index < -0.39 is 5.97 Å². The predicted molar refractivity (Wildman–Crippen MR) is 209 cm³/mol. The monoisotopic (exact) mass is 679 g/mol. The Morgan fingerprint density at radius 2 is 0.625 bits per heavy atom. The third-order valence-corrected chi connectivity index (χ3v) is 10.3. The van der Waals surface area contributed by atoms with Crippen molar-refractivity contribution in [3.63, 3.8) is 0 Å². The maximum Gasteiger partial charge on any atom is 0.306 e. The van der Waals surface area contributed by atoms with E-state index in [9.17, 15) is 9.59 Å². The van der Waals surface area contributed by atoms with E-state index in [1.807, 2.05) is 0 Å². The normalized spacial score (nSPS) is 12.0. The van der Waals surface area contributed by atoms with E-state index in [1.165, 1.54) is 205 Å². The smallest absolute Gasteiger partial charge is 0.306 e. The van der Waals surface area contributed by atoms with Crippen molar-refractivity contribution in [3.05, 3.63) is 0 Å². The highest BCUT2D eigenvalue weighted by molar-refractivity contribution is 5.69. The van der Waals surface area contributed by atoms with Crippen LogP contribution in [0.2, 0.25) is 0 Å². The predicted octanol–water partition coefficient (Wildman–Crippen LogP) is 15.2. The van der Waals surface area contributed by atoms with Crippen molar-refractivity contribution in [2.75, 3.05) is 0 Å². The molecule has 0 aliphatic carbocycles. The number of carboxylic acid groups (broad SMARTS) is 1. The van der Waals surface area contributed by atoms with Crippen LogP contribution in [0.25, 0.3) is 0 Å². The van der Waals surface area contributed by atoms with Gasteiger partial charge in [0.1, 0.15) is 6.10 Å². The average molecular weight is 679 g/mol. The Balaban J connectivity index is 3.84. The second-order valence-corrected chi connectivity index (χ2v) is 15.3. The molecule has 0 aliphatic heterocycles. The molecule has 0 radical (unpaired) electrons. The van der Waals surface area contributed by atoms with Gasteiger partial charge in [0.15, 0.2) is 0 Å². The van der Waals surface area contributed by atoms with Crippen molar-refractivity contribution in [2.45, 2.75) is 270 Å². The lowest BCUT2D eigenvalue weighted by Gasteiger charge is -2.18. The van der Waals surface area contributed by atoms with Crippen molar-refractivity contribution < 1.29 is 19.4 Å². The molecule has 0 aromatic heterocycles. The van der Waals surface area contributed by atoms with Gasteiger partial charge < -0.3 is 9.84 Å². The van der Waals surface area contributed by atoms with Gasteiger partial charge in [0.2, 0.25) is 0 Å². The number of ether oxygens (including phenoxy) is 1. The SMILES string of the molecule is CCCCCCCCCCCCCCCCCCCC(=O)OC(CCCCCCCC)CCCCCCCCCCCCCCC(=O)O. The summed E-state index contributed by atoms with van der Waals surface area (Å²) in [5, 5.41) is 8.70. The number of esters is 1. The minimum Gasteiger partial charge on any atom is -0.481 e. The quantitative estimate of drug-likeness (QED) is 0.0516. The van der Waals surface area contributed by atoms with Crippen LogP contribution in [0.1, 0.15) is 264 Å². The molecule has 0 bridgehead atoms. The molecule has 1 atom stereocenters. The molecule has 1 N–H and O–H groups in total. The number of rotatable bonds is 41. The Kier molecular flexibility index (Phi) is 39.5. The molecule has 0 fully saturated rings. The van der Waals surface area contributed by atoms with Crippen LogP contribution < -0.4 is 0 Å². The molecule has 4 heteroatoms. The highest BCUT2D eigenvalue weighted by atomic mass is 16.5. The lowest BCUT2D eigenvalue weighted by molar-refractivity contribution is -0.150. The molecule has 0 aromatic carbocycles. The van der Waals surface area contributed by atoms with Gasteiger partial charge in [-0.2, -0.15) is 0 Å². The number of hydrogen-bond acceptors (Lipinski definition) is 3. The highest BCUT2D eigenvalue weighted by Crippen LogP contribution is 2.19. The van der Waals surface area contributed by atoms with Gasteiger partial charge >= 0.3 is 11.9 Å². The van der Waals surface area contributed by atoms with Gasteiger partial charge in [0.05, 0.1) is 0 Å². The Bertz CT molecular complexity index is 648. The highest BCUT2D eigenvalue weighted by Gasteiger charge is 2.14. The van der Waals surface area contributed by atoms with Crippen LogP contribution in [0, 0.1) is 0 Å². The van der Waals surface area contributed by atoms with Gasteiger partial charge in [-0.15, -0.1) is 0 Å². The van der Waals surface area contributed by atoms with E-state index in [0.29, 0.717) is 12.8 Å². The summed E-state index contributed by atoms with van der Waals surface area (Å²) in [6, 6.07) is 0. The van der Waals surface area contributed by atoms with Crippen molar-refractivity contribution >= 4 is 11.9 Å². The summed E-state index contributed by atoms with van der Waals surface area (Å²) >= 11 is 0. The van der Waals surface area contributed by atoms with Crippen molar-refractivity contribution in [2.24, 2.45) is 0 Å². The van der Waals surface area contributed by atoms with Crippen LogP contribution in [-0.2, 0) is 14.3 Å². The zero-order valence-electron chi connectivity index (χ0n) is 32.8. The van der Waals surface area contributed by atoms with E-state index in [4.69, 9.17) is 9.84 Å². The third-order valence-electron chi connectivity index (χ3n) is 10.3. The molecule has 48 heavy (non-hydrogen) atoms. The maximum absolute atomic E-state index is 12.7. The first-order valence-electron chi connectivity index (χ1n) is 22.0. The fourth-order valence-corrected chi connectivity index (χ4v) is 7.07. The molecule has 0 amide bonds. The maximum atomic E-state index is 12.7. The number of carbonyl (C=O) groups is 2. The topological polar surface area (TPSA) is 63.6 Å². The van der Waals surface area contributed by atoms with E-state index in [0.717, 1.165) is 32.1 Å². The second-order valence-electron chi connectivity index (χ2n) is 15.3. The van der Waals surface area contributed by atoms with Crippen LogP contribution >= 0.6 is 0 Å². The molecule has 0 aliphatic rings. The Morgan fingerprint density at radius 1 is 0.375 bits per heavy atom. The van der Waals surface area contributed by atoms with E-state index in [1.54, 1.807) is 0 Å². The first kappa shape index (κ1) is 46.9. The number of aliphatic carboxylic acids is 1. The molecule has 0 saturated heterocycles. The van der Waals surface area contributed by atoms with Crippen LogP contribution in [0.5, 0.6) is 0 Å². The van der Waals surface area contributed by atoms with E-state index in [2.05, 4.69) is 13.8 Å². The summed E-state index contributed by atoms with van der Waals surface area (Å²) in [5.74, 6) is -0.617. The summed E-state index contributed by atoms with van der Waals surface area (Å²) in [4.78, 5) is 23.3. The summed E-state index contributed by atoms with van der Waals surface area (Å²) in [6.45, 7) is 4.56. The Morgan fingerprint density at radius 3 is 0.917 bits per heavy atom. The molecule has 4 nitrogen and oxygen atoms in total. The van der Waals surface area contributed by atoms with Crippen molar-refractivity contribution in [1.29, 1.82) is 0 Å². The zero-order chi connectivity index (χ0) is 35.0. The number of hydrogen-bond donors (Lipinski definition) is 1. The van der Waals surface area contributed by atoms with Gasteiger partial charge in [0.25, 0.3) is 0 Å². The largest absolute Gasteiger partial charge is 0.481 e. The summed E-state index contributed by atoms with van der Waals surface area (Å²) in [6.07, 6.45) is 48.7. The van der Waals surface area contributed by atoms with Gasteiger partial charge in [-0.1, -0.05) is 213 Å². The summed E-state index contributed by atoms with van der Waals surface area (Å²) < 4.78 is 6.06. The summed E-state index contributed by atoms with van der Waals surface area (Å²) in [7, 11) is 0. The van der Waals surface area contributed by atoms with E-state index >= 15 is 0 Å². The molecule has 0 saturated carbocycles. The molecule has 0 spiro atoms. The fraction of sp³-hybridized carbons (Fsp3) is 0.955. The minimum atomic E-state index is -0.666. The fourth-order valence-electron chi connectivity index (χ4n) is 7.07. The second kappa shape index (κ2) is 40.4. The third kappa shape index (κ3) is 39.4. The molecule has 0 heterocycles. The number of carboxylic acids is 1. The molecule has 286 valence electrons. The number of carbonyl (C=O) groups excluding carboxylic acids is 1. The first-order valence-corrected chi connectivity index (χ1v) is 22.0. The lowest BCUT2D eigenvalue weighted by Crippen LogP contribution is -2.18.